The number of hydrogen-bond donors (Lipinski definition) is 0. The average molecular weight is 300 g/mol. The van der Waals surface area contributed by atoms with Crippen LogP contribution >= 0.6 is 0 Å². The standard InChI is InChI=1S/C15H19F3N2O/c16-15(17,18)14-4-1-3-13(11-14)5-8-19-6-2-7-20(12-21)10-9-19/h1,3-4,11-12H,2,5-10H2. The second-order valence-electron chi connectivity index (χ2n) is 5.28. The lowest BCUT2D eigenvalue weighted by molar-refractivity contribution is -0.137. The average Bonchev–Trinajstić information content (AvgIpc) is 2.69. The van der Waals surface area contributed by atoms with Crippen LogP contribution in [0.25, 0.3) is 0 Å². The van der Waals surface area contributed by atoms with Crippen LogP contribution in [0.4, 0.5) is 13.2 Å². The first kappa shape index (κ1) is 15.8. The van der Waals surface area contributed by atoms with Gasteiger partial charge in [-0.1, -0.05) is 18.2 Å². The molecule has 0 N–H and O–H groups in total. The van der Waals surface area contributed by atoms with Crippen molar-refractivity contribution in [2.75, 3.05) is 32.7 Å². The smallest absolute Gasteiger partial charge is 0.344 e. The molecular weight excluding hydrogens is 281 g/mol. The highest BCUT2D eigenvalue weighted by molar-refractivity contribution is 5.46. The molecule has 1 heterocycles. The highest BCUT2D eigenvalue weighted by Gasteiger charge is 2.30. The van der Waals surface area contributed by atoms with Gasteiger partial charge in [0, 0.05) is 26.2 Å². The number of carbonyl (C=O) groups excluding carboxylic acids is 1. The number of halogens is 3. The van der Waals surface area contributed by atoms with Gasteiger partial charge in [0.2, 0.25) is 6.41 Å². The highest BCUT2D eigenvalue weighted by Crippen LogP contribution is 2.29. The maximum atomic E-state index is 12.6. The van der Waals surface area contributed by atoms with E-state index in [9.17, 15) is 18.0 Å². The summed E-state index contributed by atoms with van der Waals surface area (Å²) in [5.41, 5.74) is 0.101. The summed E-state index contributed by atoms with van der Waals surface area (Å²) in [6, 6.07) is 5.49. The molecule has 1 fully saturated rings. The molecule has 0 saturated carbocycles. The van der Waals surface area contributed by atoms with E-state index in [1.54, 1.807) is 11.0 Å². The van der Waals surface area contributed by atoms with Crippen molar-refractivity contribution in [3.63, 3.8) is 0 Å². The number of benzene rings is 1. The number of rotatable bonds is 4. The lowest BCUT2D eigenvalue weighted by Crippen LogP contribution is -2.31. The van der Waals surface area contributed by atoms with E-state index >= 15 is 0 Å². The predicted molar refractivity (Wildman–Crippen MR) is 73.8 cm³/mol. The molecule has 0 aliphatic carbocycles. The minimum Gasteiger partial charge on any atom is -0.344 e. The third-order valence-corrected chi connectivity index (χ3v) is 3.74. The monoisotopic (exact) mass is 300 g/mol. The predicted octanol–water partition coefficient (Wildman–Crippen LogP) is 2.41. The Hall–Kier alpha value is -1.56. The molecular formula is C15H19F3N2O. The van der Waals surface area contributed by atoms with Gasteiger partial charge in [0.25, 0.3) is 0 Å². The molecule has 3 nitrogen and oxygen atoms in total. The minimum atomic E-state index is -4.29. The molecule has 1 aliphatic heterocycles. The maximum Gasteiger partial charge on any atom is 0.416 e. The Bertz CT molecular complexity index is 476. The Morgan fingerprint density at radius 1 is 1.14 bits per heavy atom. The third kappa shape index (κ3) is 4.74. The van der Waals surface area contributed by atoms with Gasteiger partial charge in [0.15, 0.2) is 0 Å². The number of carbonyl (C=O) groups is 1. The molecule has 6 heteroatoms. The fraction of sp³-hybridized carbons (Fsp3) is 0.533. The zero-order valence-electron chi connectivity index (χ0n) is 11.8. The Morgan fingerprint density at radius 3 is 2.67 bits per heavy atom. The van der Waals surface area contributed by atoms with Crippen molar-refractivity contribution < 1.29 is 18.0 Å². The van der Waals surface area contributed by atoms with Crippen LogP contribution in [0, 0.1) is 0 Å². The number of alkyl halides is 3. The zero-order valence-corrected chi connectivity index (χ0v) is 11.8. The van der Waals surface area contributed by atoms with E-state index in [1.165, 1.54) is 12.1 Å². The Morgan fingerprint density at radius 2 is 1.95 bits per heavy atom. The molecule has 1 aromatic rings. The summed E-state index contributed by atoms with van der Waals surface area (Å²) in [7, 11) is 0. The molecule has 0 bridgehead atoms. The van der Waals surface area contributed by atoms with Crippen LogP contribution in [0.1, 0.15) is 17.5 Å². The van der Waals surface area contributed by atoms with Gasteiger partial charge in [0.1, 0.15) is 0 Å². The first-order valence-corrected chi connectivity index (χ1v) is 7.07. The van der Waals surface area contributed by atoms with E-state index < -0.39 is 11.7 Å². The fourth-order valence-electron chi connectivity index (χ4n) is 2.51. The summed E-state index contributed by atoms with van der Waals surface area (Å²) in [5.74, 6) is 0. The van der Waals surface area contributed by atoms with Gasteiger partial charge in [0.05, 0.1) is 5.56 Å². The summed E-state index contributed by atoms with van der Waals surface area (Å²) in [5, 5.41) is 0. The van der Waals surface area contributed by atoms with Gasteiger partial charge < -0.3 is 9.80 Å². The number of hydrogen-bond acceptors (Lipinski definition) is 2. The van der Waals surface area contributed by atoms with E-state index in [-0.39, 0.29) is 0 Å². The van der Waals surface area contributed by atoms with E-state index in [2.05, 4.69) is 4.90 Å². The van der Waals surface area contributed by atoms with Gasteiger partial charge in [-0.3, -0.25) is 4.79 Å². The summed E-state index contributed by atoms with van der Waals surface area (Å²) >= 11 is 0. The van der Waals surface area contributed by atoms with E-state index in [4.69, 9.17) is 0 Å². The van der Waals surface area contributed by atoms with Gasteiger partial charge in [-0.15, -0.1) is 0 Å². The summed E-state index contributed by atoms with van der Waals surface area (Å²) in [4.78, 5) is 14.7. The summed E-state index contributed by atoms with van der Waals surface area (Å²) in [6.45, 7) is 3.81. The van der Waals surface area contributed by atoms with Gasteiger partial charge >= 0.3 is 6.18 Å². The van der Waals surface area contributed by atoms with Crippen LogP contribution in [0.2, 0.25) is 0 Å². The highest BCUT2D eigenvalue weighted by atomic mass is 19.4. The number of nitrogens with zero attached hydrogens (tertiary/aromatic N) is 2. The minimum absolute atomic E-state index is 0.588. The van der Waals surface area contributed by atoms with Crippen molar-refractivity contribution in [2.24, 2.45) is 0 Å². The molecule has 1 aromatic carbocycles. The quantitative estimate of drug-likeness (QED) is 0.797. The van der Waals surface area contributed by atoms with Crippen molar-refractivity contribution in [3.8, 4) is 0 Å². The topological polar surface area (TPSA) is 23.6 Å². The van der Waals surface area contributed by atoms with Crippen molar-refractivity contribution >= 4 is 6.41 Å². The number of amides is 1. The molecule has 1 aliphatic rings. The van der Waals surface area contributed by atoms with Gasteiger partial charge in [-0.05, 0) is 31.0 Å². The van der Waals surface area contributed by atoms with Gasteiger partial charge in [-0.2, -0.15) is 13.2 Å². The maximum absolute atomic E-state index is 12.6. The SMILES string of the molecule is O=CN1CCCN(CCc2cccc(C(F)(F)F)c2)CC1. The van der Waals surface area contributed by atoms with Crippen LogP contribution in [-0.2, 0) is 17.4 Å². The van der Waals surface area contributed by atoms with Crippen LogP contribution in [0.5, 0.6) is 0 Å². The first-order valence-electron chi connectivity index (χ1n) is 7.07. The second kappa shape index (κ2) is 6.93. The second-order valence-corrected chi connectivity index (χ2v) is 5.28. The van der Waals surface area contributed by atoms with E-state index in [0.717, 1.165) is 38.5 Å². The molecule has 0 atom stereocenters. The normalized spacial score (nSPS) is 17.6. The summed E-state index contributed by atoms with van der Waals surface area (Å²) < 4.78 is 37.9. The lowest BCUT2D eigenvalue weighted by Gasteiger charge is -2.20. The van der Waals surface area contributed by atoms with Crippen LogP contribution in [0.3, 0.4) is 0 Å². The van der Waals surface area contributed by atoms with Crippen LogP contribution in [0.15, 0.2) is 24.3 Å². The zero-order chi connectivity index (χ0) is 15.3. The Labute approximate surface area is 122 Å². The molecule has 116 valence electrons. The van der Waals surface area contributed by atoms with Crippen molar-refractivity contribution in [1.82, 2.24) is 9.80 Å². The van der Waals surface area contributed by atoms with Gasteiger partial charge in [-0.25, -0.2) is 0 Å². The Balaban J connectivity index is 1.89. The molecule has 21 heavy (non-hydrogen) atoms. The van der Waals surface area contributed by atoms with Crippen molar-refractivity contribution in [3.05, 3.63) is 35.4 Å². The van der Waals surface area contributed by atoms with Crippen molar-refractivity contribution in [1.29, 1.82) is 0 Å². The van der Waals surface area contributed by atoms with Crippen molar-refractivity contribution in [2.45, 2.75) is 19.0 Å². The van der Waals surface area contributed by atoms with Crippen LogP contribution in [-0.4, -0.2) is 48.9 Å². The lowest BCUT2D eigenvalue weighted by atomic mass is 10.1. The van der Waals surface area contributed by atoms with E-state index in [0.29, 0.717) is 25.1 Å². The van der Waals surface area contributed by atoms with E-state index in [1.807, 2.05) is 0 Å². The van der Waals surface area contributed by atoms with Crippen LogP contribution < -0.4 is 0 Å². The first-order chi connectivity index (χ1) is 9.99. The molecule has 0 spiro atoms. The molecule has 2 rings (SSSR count). The largest absolute Gasteiger partial charge is 0.416 e. The molecule has 1 saturated heterocycles. The third-order valence-electron chi connectivity index (χ3n) is 3.74. The molecule has 0 radical (unpaired) electrons. The summed E-state index contributed by atoms with van der Waals surface area (Å²) in [6.07, 6.45) is -1.94. The molecule has 1 amide bonds. The molecule has 0 unspecified atom stereocenters. The fourth-order valence-corrected chi connectivity index (χ4v) is 2.51. The molecule has 0 aromatic heterocycles. The Kier molecular flexibility index (Phi) is 5.22.